The summed E-state index contributed by atoms with van der Waals surface area (Å²) in [7, 11) is 1.57. The minimum absolute atomic E-state index is 0.319. The molecule has 2 N–H and O–H groups in total. The van der Waals surface area contributed by atoms with Crippen molar-refractivity contribution in [3.05, 3.63) is 28.8 Å². The Hall–Kier alpha value is -1.55. The van der Waals surface area contributed by atoms with E-state index < -0.39 is 12.0 Å². The Balaban J connectivity index is 3.16. The van der Waals surface area contributed by atoms with Gasteiger partial charge in [-0.25, -0.2) is 4.79 Å². The molecule has 0 bridgehead atoms. The quantitative estimate of drug-likeness (QED) is 0.812. The van der Waals surface area contributed by atoms with Gasteiger partial charge in [0.15, 0.2) is 0 Å². The average molecular weight is 237 g/mol. The van der Waals surface area contributed by atoms with Gasteiger partial charge >= 0.3 is 5.97 Å². The second kappa shape index (κ2) is 5.68. The van der Waals surface area contributed by atoms with Gasteiger partial charge in [0.2, 0.25) is 0 Å². The molecule has 1 aromatic rings. The van der Waals surface area contributed by atoms with E-state index in [1.807, 2.05) is 26.0 Å². The fraction of sp³-hybridized carbons (Fsp3) is 0.462. The van der Waals surface area contributed by atoms with Crippen molar-refractivity contribution in [2.75, 3.05) is 13.7 Å². The number of hydrogen-bond donors (Lipinski definition) is 1. The first-order chi connectivity index (χ1) is 8.01. The molecule has 0 spiro atoms. The third-order valence-electron chi connectivity index (χ3n) is 2.56. The van der Waals surface area contributed by atoms with Crippen molar-refractivity contribution in [1.82, 2.24) is 0 Å². The number of carbonyl (C=O) groups excluding carboxylic acids is 1. The maximum absolute atomic E-state index is 11.6. The van der Waals surface area contributed by atoms with Gasteiger partial charge in [-0.3, -0.25) is 0 Å². The number of esters is 1. The molecule has 0 amide bonds. The van der Waals surface area contributed by atoms with E-state index in [4.69, 9.17) is 15.2 Å². The van der Waals surface area contributed by atoms with Crippen LogP contribution in [0, 0.1) is 13.8 Å². The molecule has 1 unspecified atom stereocenters. The SMILES string of the molecule is CCOC(=O)C(N)c1c(C)cc(C)cc1OC. The van der Waals surface area contributed by atoms with Gasteiger partial charge in [-0.1, -0.05) is 6.07 Å². The Kier molecular flexibility index (Phi) is 4.52. The summed E-state index contributed by atoms with van der Waals surface area (Å²) in [6.07, 6.45) is 0. The average Bonchev–Trinajstić information content (AvgIpc) is 2.27. The number of benzene rings is 1. The summed E-state index contributed by atoms with van der Waals surface area (Å²) >= 11 is 0. The third-order valence-corrected chi connectivity index (χ3v) is 2.56. The molecule has 0 saturated carbocycles. The lowest BCUT2D eigenvalue weighted by Crippen LogP contribution is -2.25. The maximum atomic E-state index is 11.6. The van der Waals surface area contributed by atoms with Crippen LogP contribution in [0.5, 0.6) is 5.75 Å². The van der Waals surface area contributed by atoms with E-state index in [0.29, 0.717) is 17.9 Å². The Morgan fingerprint density at radius 3 is 2.59 bits per heavy atom. The lowest BCUT2D eigenvalue weighted by Gasteiger charge is -2.17. The van der Waals surface area contributed by atoms with E-state index in [9.17, 15) is 4.79 Å². The molecule has 0 aliphatic rings. The maximum Gasteiger partial charge on any atom is 0.327 e. The van der Waals surface area contributed by atoms with Crippen molar-refractivity contribution in [3.8, 4) is 5.75 Å². The number of ether oxygens (including phenoxy) is 2. The molecule has 1 aromatic carbocycles. The third kappa shape index (κ3) is 2.97. The fourth-order valence-electron chi connectivity index (χ4n) is 1.86. The van der Waals surface area contributed by atoms with Crippen LogP contribution in [0.25, 0.3) is 0 Å². The first-order valence-electron chi connectivity index (χ1n) is 5.58. The molecule has 1 rings (SSSR count). The summed E-state index contributed by atoms with van der Waals surface area (Å²) in [6.45, 7) is 5.95. The predicted molar refractivity (Wildman–Crippen MR) is 66.0 cm³/mol. The van der Waals surface area contributed by atoms with Crippen molar-refractivity contribution in [3.63, 3.8) is 0 Å². The van der Waals surface area contributed by atoms with Gasteiger partial charge in [0.05, 0.1) is 13.7 Å². The fourth-order valence-corrected chi connectivity index (χ4v) is 1.86. The minimum atomic E-state index is -0.800. The highest BCUT2D eigenvalue weighted by molar-refractivity contribution is 5.79. The highest BCUT2D eigenvalue weighted by Crippen LogP contribution is 2.29. The molecule has 94 valence electrons. The van der Waals surface area contributed by atoms with Gasteiger partial charge in [-0.15, -0.1) is 0 Å². The molecule has 4 heteroatoms. The Bertz CT molecular complexity index is 415. The van der Waals surface area contributed by atoms with E-state index in [1.165, 1.54) is 0 Å². The summed E-state index contributed by atoms with van der Waals surface area (Å²) < 4.78 is 10.2. The Morgan fingerprint density at radius 2 is 2.06 bits per heavy atom. The molecular formula is C13H19NO3. The number of carbonyl (C=O) groups is 1. The van der Waals surface area contributed by atoms with Crippen LogP contribution in [0.2, 0.25) is 0 Å². The van der Waals surface area contributed by atoms with Crippen LogP contribution >= 0.6 is 0 Å². The molecule has 0 aliphatic heterocycles. The zero-order chi connectivity index (χ0) is 13.0. The smallest absolute Gasteiger partial charge is 0.327 e. The topological polar surface area (TPSA) is 61.5 Å². The molecule has 1 atom stereocenters. The largest absolute Gasteiger partial charge is 0.496 e. The monoisotopic (exact) mass is 237 g/mol. The van der Waals surface area contributed by atoms with E-state index in [2.05, 4.69) is 0 Å². The molecule has 0 fully saturated rings. The van der Waals surface area contributed by atoms with Gasteiger partial charge < -0.3 is 15.2 Å². The molecular weight excluding hydrogens is 218 g/mol. The minimum Gasteiger partial charge on any atom is -0.496 e. The van der Waals surface area contributed by atoms with Gasteiger partial charge in [0.1, 0.15) is 11.8 Å². The van der Waals surface area contributed by atoms with Crippen molar-refractivity contribution < 1.29 is 14.3 Å². The normalized spacial score (nSPS) is 12.1. The molecule has 0 radical (unpaired) electrons. The molecule has 0 aromatic heterocycles. The van der Waals surface area contributed by atoms with Crippen LogP contribution in [-0.2, 0) is 9.53 Å². The Morgan fingerprint density at radius 1 is 1.41 bits per heavy atom. The van der Waals surface area contributed by atoms with E-state index in [0.717, 1.165) is 11.1 Å². The number of rotatable bonds is 4. The molecule has 0 heterocycles. The van der Waals surface area contributed by atoms with Crippen molar-refractivity contribution >= 4 is 5.97 Å². The number of hydrogen-bond acceptors (Lipinski definition) is 4. The summed E-state index contributed by atoms with van der Waals surface area (Å²) in [5.41, 5.74) is 8.59. The van der Waals surface area contributed by atoms with Crippen LogP contribution in [0.3, 0.4) is 0 Å². The van der Waals surface area contributed by atoms with E-state index in [1.54, 1.807) is 14.0 Å². The summed E-state index contributed by atoms with van der Waals surface area (Å²) in [5.74, 6) is 0.195. The second-order valence-corrected chi connectivity index (χ2v) is 3.93. The predicted octanol–water partition coefficient (Wildman–Crippen LogP) is 1.87. The summed E-state index contributed by atoms with van der Waals surface area (Å²) in [4.78, 5) is 11.6. The van der Waals surface area contributed by atoms with E-state index >= 15 is 0 Å². The van der Waals surface area contributed by atoms with Crippen LogP contribution < -0.4 is 10.5 Å². The zero-order valence-electron chi connectivity index (χ0n) is 10.7. The van der Waals surface area contributed by atoms with Crippen LogP contribution in [-0.4, -0.2) is 19.7 Å². The summed E-state index contributed by atoms with van der Waals surface area (Å²) in [5, 5.41) is 0. The number of nitrogens with two attached hydrogens (primary N) is 1. The lowest BCUT2D eigenvalue weighted by molar-refractivity contribution is -0.144. The van der Waals surface area contributed by atoms with Gasteiger partial charge in [0, 0.05) is 5.56 Å². The highest BCUT2D eigenvalue weighted by Gasteiger charge is 2.23. The van der Waals surface area contributed by atoms with Gasteiger partial charge in [-0.2, -0.15) is 0 Å². The first-order valence-corrected chi connectivity index (χ1v) is 5.58. The molecule has 4 nitrogen and oxygen atoms in total. The second-order valence-electron chi connectivity index (χ2n) is 3.93. The molecule has 0 saturated heterocycles. The van der Waals surface area contributed by atoms with Crippen LogP contribution in [0.15, 0.2) is 12.1 Å². The zero-order valence-corrected chi connectivity index (χ0v) is 10.7. The standard InChI is InChI=1S/C13H19NO3/c1-5-17-13(15)12(14)11-9(3)6-8(2)7-10(11)16-4/h6-7,12H,5,14H2,1-4H3. The van der Waals surface area contributed by atoms with Crippen LogP contribution in [0.1, 0.15) is 29.7 Å². The van der Waals surface area contributed by atoms with Crippen molar-refractivity contribution in [2.45, 2.75) is 26.8 Å². The van der Waals surface area contributed by atoms with E-state index in [-0.39, 0.29) is 0 Å². The molecule has 0 aliphatic carbocycles. The van der Waals surface area contributed by atoms with Gasteiger partial charge in [-0.05, 0) is 38.0 Å². The van der Waals surface area contributed by atoms with Gasteiger partial charge in [0.25, 0.3) is 0 Å². The van der Waals surface area contributed by atoms with Crippen molar-refractivity contribution in [1.29, 1.82) is 0 Å². The Labute approximate surface area is 102 Å². The highest BCUT2D eigenvalue weighted by atomic mass is 16.5. The first kappa shape index (κ1) is 13.5. The molecule has 17 heavy (non-hydrogen) atoms. The number of methoxy groups -OCH3 is 1. The summed E-state index contributed by atoms with van der Waals surface area (Å²) in [6, 6.07) is 3.03. The van der Waals surface area contributed by atoms with Crippen LogP contribution in [0.4, 0.5) is 0 Å². The van der Waals surface area contributed by atoms with Crippen molar-refractivity contribution in [2.24, 2.45) is 5.73 Å². The lowest BCUT2D eigenvalue weighted by atomic mass is 9.98. The number of aryl methyl sites for hydroxylation is 2.